The predicted molar refractivity (Wildman–Crippen MR) is 53.2 cm³/mol. The van der Waals surface area contributed by atoms with Gasteiger partial charge in [0.15, 0.2) is 0 Å². The second-order valence-electron chi connectivity index (χ2n) is 3.94. The normalized spacial score (nSPS) is 23.2. The largest absolute Gasteiger partial charge is 0.480 e. The van der Waals surface area contributed by atoms with Crippen molar-refractivity contribution in [2.75, 3.05) is 13.2 Å². The zero-order chi connectivity index (χ0) is 11.4. The summed E-state index contributed by atoms with van der Waals surface area (Å²) in [5.74, 6) is -1.21. The fourth-order valence-corrected chi connectivity index (χ4v) is 1.92. The molecule has 0 spiro atoms. The first kappa shape index (κ1) is 12.0. The number of hydrogen-bond acceptors (Lipinski definition) is 3. The van der Waals surface area contributed by atoms with Crippen LogP contribution < -0.4 is 0 Å². The van der Waals surface area contributed by atoms with Gasteiger partial charge in [0.25, 0.3) is 0 Å². The van der Waals surface area contributed by atoms with Gasteiger partial charge in [-0.15, -0.1) is 0 Å². The van der Waals surface area contributed by atoms with Gasteiger partial charge >= 0.3 is 5.97 Å². The molecule has 0 radical (unpaired) electrons. The van der Waals surface area contributed by atoms with E-state index in [2.05, 4.69) is 0 Å². The summed E-state index contributed by atoms with van der Waals surface area (Å²) in [4.78, 5) is 23.9. The highest BCUT2D eigenvalue weighted by atomic mass is 16.4. The fraction of sp³-hybridized carbons (Fsp3) is 0.800. The van der Waals surface area contributed by atoms with E-state index in [9.17, 15) is 9.59 Å². The number of rotatable bonds is 5. The summed E-state index contributed by atoms with van der Waals surface area (Å²) in [6.45, 7) is 2.20. The first-order valence-corrected chi connectivity index (χ1v) is 5.23. The molecule has 5 heteroatoms. The molecule has 2 N–H and O–H groups in total. The van der Waals surface area contributed by atoms with Crippen LogP contribution in [0.15, 0.2) is 0 Å². The average molecular weight is 215 g/mol. The molecule has 1 aliphatic heterocycles. The number of carboxylic acid groups (broad SMARTS) is 1. The lowest BCUT2D eigenvalue weighted by Gasteiger charge is -2.24. The number of nitrogens with zero attached hydrogens (tertiary/aromatic N) is 1. The van der Waals surface area contributed by atoms with E-state index in [1.165, 1.54) is 4.90 Å². The Balaban J connectivity index is 2.68. The van der Waals surface area contributed by atoms with Crippen LogP contribution in [0.4, 0.5) is 0 Å². The summed E-state index contributed by atoms with van der Waals surface area (Å²) in [5.41, 5.74) is 0. The minimum atomic E-state index is -0.955. The molecule has 2 atom stereocenters. The Hall–Kier alpha value is -1.10. The van der Waals surface area contributed by atoms with E-state index in [4.69, 9.17) is 10.2 Å². The van der Waals surface area contributed by atoms with E-state index in [-0.39, 0.29) is 24.9 Å². The Kier molecular flexibility index (Phi) is 4.08. The molecule has 0 aromatic rings. The molecular weight excluding hydrogens is 198 g/mol. The second kappa shape index (κ2) is 5.11. The molecule has 0 saturated carbocycles. The van der Waals surface area contributed by atoms with Gasteiger partial charge in [-0.25, -0.2) is 4.79 Å². The molecule has 0 aromatic carbocycles. The highest BCUT2D eigenvalue weighted by molar-refractivity contribution is 5.85. The van der Waals surface area contributed by atoms with Crippen molar-refractivity contribution in [1.29, 1.82) is 0 Å². The van der Waals surface area contributed by atoms with Crippen molar-refractivity contribution in [3.8, 4) is 0 Å². The monoisotopic (exact) mass is 215 g/mol. The maximum Gasteiger partial charge on any atom is 0.326 e. The zero-order valence-electron chi connectivity index (χ0n) is 8.85. The van der Waals surface area contributed by atoms with Gasteiger partial charge < -0.3 is 15.1 Å². The maximum absolute atomic E-state index is 11.5. The zero-order valence-corrected chi connectivity index (χ0v) is 8.85. The molecular formula is C10H17NO4. The predicted octanol–water partition coefficient (Wildman–Crippen LogP) is 0.0805. The van der Waals surface area contributed by atoms with Crippen molar-refractivity contribution < 1.29 is 19.8 Å². The molecule has 1 unspecified atom stereocenters. The summed E-state index contributed by atoms with van der Waals surface area (Å²) in [7, 11) is 0. The molecule has 0 aromatic heterocycles. The second-order valence-corrected chi connectivity index (χ2v) is 3.94. The summed E-state index contributed by atoms with van der Waals surface area (Å²) >= 11 is 0. The molecule has 1 amide bonds. The standard InChI is InChI=1S/C10H17NO4/c1-2-3-8(10(14)15)11-5-7(6-12)4-9(11)13/h7-8,12H,2-6H2,1H3,(H,14,15)/t7?,8-/m0/s1. The Morgan fingerprint density at radius 2 is 2.33 bits per heavy atom. The van der Waals surface area contributed by atoms with Crippen molar-refractivity contribution in [2.24, 2.45) is 5.92 Å². The van der Waals surface area contributed by atoms with Crippen molar-refractivity contribution in [2.45, 2.75) is 32.2 Å². The van der Waals surface area contributed by atoms with E-state index in [1.807, 2.05) is 6.92 Å². The number of carbonyl (C=O) groups is 2. The van der Waals surface area contributed by atoms with E-state index in [0.29, 0.717) is 13.0 Å². The number of hydrogen-bond donors (Lipinski definition) is 2. The van der Waals surface area contributed by atoms with Gasteiger partial charge in [-0.1, -0.05) is 13.3 Å². The van der Waals surface area contributed by atoms with Crippen molar-refractivity contribution in [1.82, 2.24) is 4.90 Å². The molecule has 1 rings (SSSR count). The molecule has 5 nitrogen and oxygen atoms in total. The van der Waals surface area contributed by atoms with Crippen LogP contribution in [0.2, 0.25) is 0 Å². The lowest BCUT2D eigenvalue weighted by molar-refractivity contribution is -0.148. The van der Waals surface area contributed by atoms with E-state index in [1.54, 1.807) is 0 Å². The van der Waals surface area contributed by atoms with Crippen LogP contribution in [0, 0.1) is 5.92 Å². The highest BCUT2D eigenvalue weighted by Crippen LogP contribution is 2.21. The van der Waals surface area contributed by atoms with Crippen LogP contribution in [0.5, 0.6) is 0 Å². The van der Waals surface area contributed by atoms with Gasteiger partial charge in [0, 0.05) is 25.5 Å². The molecule has 0 bridgehead atoms. The Labute approximate surface area is 88.7 Å². The highest BCUT2D eigenvalue weighted by Gasteiger charge is 2.36. The van der Waals surface area contributed by atoms with Crippen molar-refractivity contribution in [3.05, 3.63) is 0 Å². The minimum Gasteiger partial charge on any atom is -0.480 e. The number of aliphatic hydroxyl groups excluding tert-OH is 1. The Morgan fingerprint density at radius 1 is 1.67 bits per heavy atom. The number of aliphatic carboxylic acids is 1. The lowest BCUT2D eigenvalue weighted by atomic mass is 10.1. The van der Waals surface area contributed by atoms with Crippen LogP contribution in [-0.2, 0) is 9.59 Å². The van der Waals surface area contributed by atoms with Gasteiger partial charge in [-0.2, -0.15) is 0 Å². The average Bonchev–Trinajstić information content (AvgIpc) is 2.55. The maximum atomic E-state index is 11.5. The van der Waals surface area contributed by atoms with Gasteiger partial charge in [-0.05, 0) is 6.42 Å². The van der Waals surface area contributed by atoms with Gasteiger partial charge in [0.05, 0.1) is 0 Å². The number of likely N-dealkylation sites (tertiary alicyclic amines) is 1. The molecule has 15 heavy (non-hydrogen) atoms. The van der Waals surface area contributed by atoms with Crippen LogP contribution in [0.1, 0.15) is 26.2 Å². The van der Waals surface area contributed by atoms with Gasteiger partial charge in [0.1, 0.15) is 6.04 Å². The van der Waals surface area contributed by atoms with E-state index in [0.717, 1.165) is 6.42 Å². The summed E-state index contributed by atoms with van der Waals surface area (Å²) in [6.07, 6.45) is 1.47. The van der Waals surface area contributed by atoms with Crippen LogP contribution >= 0.6 is 0 Å². The first-order chi connectivity index (χ1) is 7.10. The first-order valence-electron chi connectivity index (χ1n) is 5.23. The molecule has 1 fully saturated rings. The van der Waals surface area contributed by atoms with Crippen LogP contribution in [0.3, 0.4) is 0 Å². The van der Waals surface area contributed by atoms with Crippen LogP contribution in [0.25, 0.3) is 0 Å². The lowest BCUT2D eigenvalue weighted by Crippen LogP contribution is -2.42. The third kappa shape index (κ3) is 2.68. The van der Waals surface area contributed by atoms with Gasteiger partial charge in [-0.3, -0.25) is 4.79 Å². The summed E-state index contributed by atoms with van der Waals surface area (Å²) in [6, 6.07) is -0.723. The van der Waals surface area contributed by atoms with Crippen LogP contribution in [-0.4, -0.2) is 46.2 Å². The Morgan fingerprint density at radius 3 is 2.73 bits per heavy atom. The third-order valence-corrected chi connectivity index (χ3v) is 2.72. The smallest absolute Gasteiger partial charge is 0.326 e. The number of carbonyl (C=O) groups excluding carboxylic acids is 1. The number of amides is 1. The number of aliphatic hydroxyl groups is 1. The summed E-state index contributed by atoms with van der Waals surface area (Å²) < 4.78 is 0. The summed E-state index contributed by atoms with van der Waals surface area (Å²) in [5, 5.41) is 17.9. The molecule has 1 heterocycles. The Bertz CT molecular complexity index is 254. The molecule has 0 aliphatic carbocycles. The molecule has 1 saturated heterocycles. The topological polar surface area (TPSA) is 77.8 Å². The van der Waals surface area contributed by atoms with Gasteiger partial charge in [0.2, 0.25) is 5.91 Å². The van der Waals surface area contributed by atoms with E-state index < -0.39 is 12.0 Å². The van der Waals surface area contributed by atoms with Crippen molar-refractivity contribution in [3.63, 3.8) is 0 Å². The fourth-order valence-electron chi connectivity index (χ4n) is 1.92. The minimum absolute atomic E-state index is 0.0549. The third-order valence-electron chi connectivity index (χ3n) is 2.72. The SMILES string of the molecule is CCC[C@@H](C(=O)O)N1CC(CO)CC1=O. The number of carboxylic acids is 1. The molecule has 1 aliphatic rings. The quantitative estimate of drug-likeness (QED) is 0.681. The van der Waals surface area contributed by atoms with Crippen molar-refractivity contribution >= 4 is 11.9 Å². The molecule has 86 valence electrons. The van der Waals surface area contributed by atoms with E-state index >= 15 is 0 Å².